The molecule has 0 spiro atoms. The number of amides is 2. The molecule has 3 N–H and O–H groups in total. The number of carbonyl (C=O) groups is 2. The average molecular weight is 406 g/mol. The molecule has 7 heteroatoms. The highest BCUT2D eigenvalue weighted by atomic mass is 16.7. The molecular formula is C22H35N3O4. The van der Waals surface area contributed by atoms with Crippen LogP contribution in [0.2, 0.25) is 0 Å². The van der Waals surface area contributed by atoms with Crippen LogP contribution >= 0.6 is 0 Å². The molecule has 1 saturated heterocycles. The van der Waals surface area contributed by atoms with Crippen molar-refractivity contribution in [1.82, 2.24) is 10.2 Å². The van der Waals surface area contributed by atoms with Crippen molar-refractivity contribution >= 4 is 11.8 Å². The monoisotopic (exact) mass is 405 g/mol. The number of nitrogens with one attached hydrogen (secondary N) is 1. The van der Waals surface area contributed by atoms with Gasteiger partial charge in [0.25, 0.3) is 5.91 Å². The van der Waals surface area contributed by atoms with E-state index in [1.165, 1.54) is 0 Å². The summed E-state index contributed by atoms with van der Waals surface area (Å²) in [5.41, 5.74) is 7.60. The summed E-state index contributed by atoms with van der Waals surface area (Å²) in [5, 5.41) is 2.89. The Morgan fingerprint density at radius 3 is 2.76 bits per heavy atom. The summed E-state index contributed by atoms with van der Waals surface area (Å²) in [7, 11) is 1.61. The van der Waals surface area contributed by atoms with Crippen LogP contribution in [0.5, 0.6) is 0 Å². The molecule has 0 aromatic heterocycles. The lowest BCUT2D eigenvalue weighted by Gasteiger charge is -2.31. The van der Waals surface area contributed by atoms with Gasteiger partial charge in [-0.2, -0.15) is 0 Å². The lowest BCUT2D eigenvalue weighted by atomic mass is 10.0. The molecule has 1 aromatic carbocycles. The number of likely N-dealkylation sites (tertiary alicyclic amines) is 1. The Morgan fingerprint density at radius 2 is 2.07 bits per heavy atom. The van der Waals surface area contributed by atoms with Gasteiger partial charge in [0.1, 0.15) is 6.79 Å². The summed E-state index contributed by atoms with van der Waals surface area (Å²) in [6.45, 7) is 4.25. The van der Waals surface area contributed by atoms with Crippen molar-refractivity contribution in [2.45, 2.75) is 57.6 Å². The Morgan fingerprint density at radius 1 is 1.31 bits per heavy atom. The molecule has 162 valence electrons. The molecule has 0 aliphatic carbocycles. The van der Waals surface area contributed by atoms with Gasteiger partial charge in [0.2, 0.25) is 5.91 Å². The molecule has 7 nitrogen and oxygen atoms in total. The van der Waals surface area contributed by atoms with Gasteiger partial charge in [-0.15, -0.1) is 0 Å². The van der Waals surface area contributed by atoms with E-state index in [1.807, 2.05) is 29.2 Å². The van der Waals surface area contributed by atoms with E-state index in [1.54, 1.807) is 7.11 Å². The summed E-state index contributed by atoms with van der Waals surface area (Å²) in [4.78, 5) is 26.7. The lowest BCUT2D eigenvalue weighted by molar-refractivity contribution is -0.122. The Bertz CT molecular complexity index is 645. The van der Waals surface area contributed by atoms with Gasteiger partial charge in [0.15, 0.2) is 0 Å². The van der Waals surface area contributed by atoms with Crippen LogP contribution in [-0.2, 0) is 20.7 Å². The fraction of sp³-hybridized carbons (Fsp3) is 0.636. The third-order valence-corrected chi connectivity index (χ3v) is 5.24. The van der Waals surface area contributed by atoms with Crippen LogP contribution in [0.1, 0.15) is 54.9 Å². The summed E-state index contributed by atoms with van der Waals surface area (Å²) < 4.78 is 10.5. The summed E-state index contributed by atoms with van der Waals surface area (Å²) in [6.07, 6.45) is 5.14. The fourth-order valence-corrected chi connectivity index (χ4v) is 3.45. The first-order valence-electron chi connectivity index (χ1n) is 10.6. The van der Waals surface area contributed by atoms with E-state index in [2.05, 4.69) is 12.2 Å². The van der Waals surface area contributed by atoms with Crippen molar-refractivity contribution in [2.24, 2.45) is 5.73 Å². The van der Waals surface area contributed by atoms with E-state index in [-0.39, 0.29) is 17.9 Å². The molecule has 1 aliphatic rings. The average Bonchev–Trinajstić information content (AvgIpc) is 2.76. The van der Waals surface area contributed by atoms with Crippen LogP contribution in [0.15, 0.2) is 24.3 Å². The maximum absolute atomic E-state index is 12.8. The Labute approximate surface area is 173 Å². The molecule has 1 fully saturated rings. The van der Waals surface area contributed by atoms with E-state index < -0.39 is 6.04 Å². The number of methoxy groups -OCH3 is 1. The molecule has 2 amide bonds. The molecule has 1 heterocycles. The smallest absolute Gasteiger partial charge is 0.253 e. The van der Waals surface area contributed by atoms with Crippen LogP contribution < -0.4 is 11.1 Å². The molecule has 0 saturated carbocycles. The quantitative estimate of drug-likeness (QED) is 0.550. The number of ether oxygens (including phenoxy) is 2. The van der Waals surface area contributed by atoms with Gasteiger partial charge >= 0.3 is 0 Å². The van der Waals surface area contributed by atoms with Crippen molar-refractivity contribution in [3.63, 3.8) is 0 Å². The summed E-state index contributed by atoms with van der Waals surface area (Å²) in [5.74, 6) is -0.0630. The number of benzene rings is 1. The third kappa shape index (κ3) is 7.76. The van der Waals surface area contributed by atoms with Crippen molar-refractivity contribution < 1.29 is 19.1 Å². The third-order valence-electron chi connectivity index (χ3n) is 5.24. The first-order valence-corrected chi connectivity index (χ1v) is 10.6. The van der Waals surface area contributed by atoms with Gasteiger partial charge in [-0.05, 0) is 43.4 Å². The van der Waals surface area contributed by atoms with Gasteiger partial charge < -0.3 is 25.4 Å². The SMILES string of the molecule is CCCC[C@H](N)C(=O)NCCc1cccc(C(=O)N2CCC(OCOC)CC2)c1. The number of rotatable bonds is 11. The first kappa shape index (κ1) is 23.3. The van der Waals surface area contributed by atoms with E-state index in [0.29, 0.717) is 44.8 Å². The zero-order valence-electron chi connectivity index (χ0n) is 17.7. The minimum Gasteiger partial charge on any atom is -0.359 e. The van der Waals surface area contributed by atoms with E-state index in [4.69, 9.17) is 15.2 Å². The molecule has 1 aliphatic heterocycles. The largest absolute Gasteiger partial charge is 0.359 e. The highest BCUT2D eigenvalue weighted by Gasteiger charge is 2.24. The molecule has 0 bridgehead atoms. The van der Waals surface area contributed by atoms with Gasteiger partial charge in [-0.25, -0.2) is 0 Å². The minimum absolute atomic E-state index is 0.0441. The van der Waals surface area contributed by atoms with Crippen LogP contribution in [0, 0.1) is 0 Å². The van der Waals surface area contributed by atoms with Crippen molar-refractivity contribution in [3.8, 4) is 0 Å². The van der Waals surface area contributed by atoms with Crippen LogP contribution in [0.4, 0.5) is 0 Å². The second kappa shape index (κ2) is 12.6. The normalized spacial score (nSPS) is 15.9. The molecular weight excluding hydrogens is 370 g/mol. The fourth-order valence-electron chi connectivity index (χ4n) is 3.45. The Kier molecular flexibility index (Phi) is 10.1. The van der Waals surface area contributed by atoms with Crippen LogP contribution in [-0.4, -0.2) is 62.4 Å². The van der Waals surface area contributed by atoms with E-state index >= 15 is 0 Å². The number of unbranched alkanes of at least 4 members (excludes halogenated alkanes) is 1. The van der Waals surface area contributed by atoms with E-state index in [9.17, 15) is 9.59 Å². The van der Waals surface area contributed by atoms with Gasteiger partial charge in [-0.1, -0.05) is 31.9 Å². The second-order valence-corrected chi connectivity index (χ2v) is 7.55. The Balaban J connectivity index is 1.80. The number of carbonyl (C=O) groups excluding carboxylic acids is 2. The van der Waals surface area contributed by atoms with Crippen molar-refractivity contribution in [1.29, 1.82) is 0 Å². The molecule has 29 heavy (non-hydrogen) atoms. The number of piperidine rings is 1. The lowest BCUT2D eigenvalue weighted by Crippen LogP contribution is -2.41. The predicted molar refractivity (Wildman–Crippen MR) is 113 cm³/mol. The van der Waals surface area contributed by atoms with E-state index in [0.717, 1.165) is 31.2 Å². The molecule has 1 aromatic rings. The zero-order chi connectivity index (χ0) is 21.1. The zero-order valence-corrected chi connectivity index (χ0v) is 17.7. The maximum Gasteiger partial charge on any atom is 0.253 e. The number of hydrogen-bond acceptors (Lipinski definition) is 5. The predicted octanol–water partition coefficient (Wildman–Crippen LogP) is 2.09. The number of hydrogen-bond donors (Lipinski definition) is 2. The maximum atomic E-state index is 12.8. The molecule has 0 unspecified atom stereocenters. The van der Waals surface area contributed by atoms with Gasteiger partial charge in [-0.3, -0.25) is 9.59 Å². The highest BCUT2D eigenvalue weighted by Crippen LogP contribution is 2.17. The highest BCUT2D eigenvalue weighted by molar-refractivity contribution is 5.94. The summed E-state index contributed by atoms with van der Waals surface area (Å²) in [6, 6.07) is 7.19. The number of nitrogens with two attached hydrogens (primary N) is 1. The Hall–Kier alpha value is -1.96. The first-order chi connectivity index (χ1) is 14.0. The standard InChI is InChI=1S/C22H35N3O4/c1-3-4-8-20(23)21(26)24-12-9-17-6-5-7-18(15-17)22(27)25-13-10-19(11-14-25)29-16-28-2/h5-7,15,19-20H,3-4,8-14,16,23H2,1-2H3,(H,24,26)/t20-/m0/s1. The molecule has 0 radical (unpaired) electrons. The second-order valence-electron chi connectivity index (χ2n) is 7.55. The number of nitrogens with zero attached hydrogens (tertiary/aromatic N) is 1. The molecule has 2 rings (SSSR count). The van der Waals surface area contributed by atoms with Gasteiger partial charge in [0.05, 0.1) is 12.1 Å². The summed E-state index contributed by atoms with van der Waals surface area (Å²) >= 11 is 0. The van der Waals surface area contributed by atoms with Crippen LogP contribution in [0.3, 0.4) is 0 Å². The molecule has 1 atom stereocenters. The van der Waals surface area contributed by atoms with Crippen molar-refractivity contribution in [2.75, 3.05) is 33.5 Å². The topological polar surface area (TPSA) is 93.9 Å². The van der Waals surface area contributed by atoms with Crippen molar-refractivity contribution in [3.05, 3.63) is 35.4 Å². The van der Waals surface area contributed by atoms with Crippen LogP contribution in [0.25, 0.3) is 0 Å². The van der Waals surface area contributed by atoms with Gasteiger partial charge in [0, 0.05) is 32.3 Å². The minimum atomic E-state index is -0.446.